The Morgan fingerprint density at radius 3 is 2.75 bits per heavy atom. The van der Waals surface area contributed by atoms with Gasteiger partial charge in [0.15, 0.2) is 0 Å². The molecule has 0 bridgehead atoms. The minimum absolute atomic E-state index is 0.145. The zero-order valence-electron chi connectivity index (χ0n) is 13.5. The first-order valence-corrected chi connectivity index (χ1v) is 8.46. The fraction of sp³-hybridized carbons (Fsp3) is 0.158. The molecule has 1 atom stereocenters. The molecule has 2 aromatic carbocycles. The summed E-state index contributed by atoms with van der Waals surface area (Å²) in [6, 6.07) is 15.4. The number of aromatic nitrogens is 1. The molecule has 5 heteroatoms. The molecule has 3 rings (SSSR count). The lowest BCUT2D eigenvalue weighted by Crippen LogP contribution is -2.24. The number of fused-ring (bicyclic) bond motifs is 1. The molecular formula is C19H18N2O2S. The van der Waals surface area contributed by atoms with Crippen molar-refractivity contribution in [1.82, 2.24) is 10.3 Å². The average molecular weight is 338 g/mol. The number of carbonyl (C=O) groups excluding carboxylic acids is 1. The minimum atomic E-state index is -0.160. The van der Waals surface area contributed by atoms with Crippen molar-refractivity contribution >= 4 is 33.5 Å². The van der Waals surface area contributed by atoms with Crippen LogP contribution in [0, 0.1) is 0 Å². The Kier molecular flexibility index (Phi) is 4.91. The summed E-state index contributed by atoms with van der Waals surface area (Å²) in [6.45, 7) is 1.93. The summed E-state index contributed by atoms with van der Waals surface area (Å²) in [7, 11) is 1.63. The number of thiazole rings is 1. The van der Waals surface area contributed by atoms with E-state index in [-0.39, 0.29) is 11.9 Å². The fourth-order valence-corrected chi connectivity index (χ4v) is 3.34. The molecule has 1 unspecified atom stereocenters. The van der Waals surface area contributed by atoms with E-state index in [1.165, 1.54) is 6.08 Å². The molecule has 4 nitrogen and oxygen atoms in total. The van der Waals surface area contributed by atoms with Crippen LogP contribution in [0.15, 0.2) is 54.6 Å². The van der Waals surface area contributed by atoms with Crippen molar-refractivity contribution in [1.29, 1.82) is 0 Å². The number of hydrogen-bond donors (Lipinski definition) is 1. The van der Waals surface area contributed by atoms with Crippen molar-refractivity contribution in [2.45, 2.75) is 13.0 Å². The Labute approximate surface area is 144 Å². The van der Waals surface area contributed by atoms with Gasteiger partial charge in [-0.25, -0.2) is 4.98 Å². The summed E-state index contributed by atoms with van der Waals surface area (Å²) >= 11 is 1.56. The minimum Gasteiger partial charge on any atom is -0.496 e. The number of nitrogens with one attached hydrogen (secondary N) is 1. The molecule has 0 radical (unpaired) electrons. The highest BCUT2D eigenvalue weighted by Gasteiger charge is 2.12. The molecule has 1 amide bonds. The zero-order valence-corrected chi connectivity index (χ0v) is 14.3. The van der Waals surface area contributed by atoms with Crippen LogP contribution in [0.4, 0.5) is 0 Å². The smallest absolute Gasteiger partial charge is 0.244 e. The van der Waals surface area contributed by atoms with Gasteiger partial charge in [-0.3, -0.25) is 4.79 Å². The molecule has 0 spiro atoms. The monoisotopic (exact) mass is 338 g/mol. The maximum atomic E-state index is 12.2. The molecule has 0 aliphatic carbocycles. The van der Waals surface area contributed by atoms with Gasteiger partial charge in [0.1, 0.15) is 10.8 Å². The van der Waals surface area contributed by atoms with Gasteiger partial charge in [-0.05, 0) is 31.2 Å². The number of rotatable bonds is 5. The van der Waals surface area contributed by atoms with Crippen LogP contribution in [0.25, 0.3) is 16.3 Å². The highest BCUT2D eigenvalue weighted by Crippen LogP contribution is 2.25. The van der Waals surface area contributed by atoms with Crippen molar-refractivity contribution in [3.63, 3.8) is 0 Å². The summed E-state index contributed by atoms with van der Waals surface area (Å²) in [6.07, 6.45) is 3.26. The lowest BCUT2D eigenvalue weighted by Gasteiger charge is -2.16. The topological polar surface area (TPSA) is 51.2 Å². The van der Waals surface area contributed by atoms with Gasteiger partial charge in [0.05, 0.1) is 23.4 Å². The number of ether oxygens (including phenoxy) is 1. The van der Waals surface area contributed by atoms with E-state index < -0.39 is 0 Å². The Hall–Kier alpha value is -2.66. The second kappa shape index (κ2) is 7.27. The van der Waals surface area contributed by atoms with E-state index in [0.717, 1.165) is 26.5 Å². The summed E-state index contributed by atoms with van der Waals surface area (Å²) in [5, 5.41) is 3.76. The lowest BCUT2D eigenvalue weighted by atomic mass is 10.1. The molecule has 3 aromatic rings. The first-order valence-electron chi connectivity index (χ1n) is 7.64. The van der Waals surface area contributed by atoms with E-state index in [9.17, 15) is 4.79 Å². The van der Waals surface area contributed by atoms with Crippen LogP contribution in [0.2, 0.25) is 0 Å². The molecule has 0 aliphatic heterocycles. The number of para-hydroxylation sites is 2. The number of hydrogen-bond acceptors (Lipinski definition) is 4. The normalized spacial score (nSPS) is 12.4. The zero-order chi connectivity index (χ0) is 16.9. The maximum absolute atomic E-state index is 12.2. The second-order valence-electron chi connectivity index (χ2n) is 5.33. The van der Waals surface area contributed by atoms with Crippen molar-refractivity contribution in [3.8, 4) is 5.75 Å². The molecule has 0 fully saturated rings. The summed E-state index contributed by atoms with van der Waals surface area (Å²) < 4.78 is 6.44. The highest BCUT2D eigenvalue weighted by atomic mass is 32.1. The SMILES string of the molecule is COc1ccccc1C(C)NC(=O)C=Cc1nc2ccccc2s1. The van der Waals surface area contributed by atoms with Crippen LogP contribution in [0.5, 0.6) is 5.75 Å². The first kappa shape index (κ1) is 16.2. The van der Waals surface area contributed by atoms with Crippen LogP contribution in [-0.4, -0.2) is 18.0 Å². The predicted octanol–water partition coefficient (Wildman–Crippen LogP) is 4.20. The van der Waals surface area contributed by atoms with Gasteiger partial charge in [-0.15, -0.1) is 11.3 Å². The Morgan fingerprint density at radius 1 is 1.21 bits per heavy atom. The molecule has 0 aliphatic rings. The molecule has 1 N–H and O–H groups in total. The van der Waals surface area contributed by atoms with Crippen LogP contribution >= 0.6 is 11.3 Å². The van der Waals surface area contributed by atoms with Crippen molar-refractivity contribution in [3.05, 3.63) is 65.2 Å². The van der Waals surface area contributed by atoms with Crippen LogP contribution in [0.3, 0.4) is 0 Å². The average Bonchev–Trinajstić information content (AvgIpc) is 3.03. The Bertz CT molecular complexity index is 853. The Morgan fingerprint density at radius 2 is 1.96 bits per heavy atom. The second-order valence-corrected chi connectivity index (χ2v) is 6.39. The molecule has 24 heavy (non-hydrogen) atoms. The van der Waals surface area contributed by atoms with Crippen molar-refractivity contribution in [2.24, 2.45) is 0 Å². The first-order chi connectivity index (χ1) is 11.7. The van der Waals surface area contributed by atoms with Gasteiger partial charge in [0.25, 0.3) is 0 Å². The summed E-state index contributed by atoms with van der Waals surface area (Å²) in [5.41, 5.74) is 1.90. The number of benzene rings is 2. The molecule has 0 saturated heterocycles. The summed E-state index contributed by atoms with van der Waals surface area (Å²) in [4.78, 5) is 16.6. The quantitative estimate of drug-likeness (QED) is 0.710. The third kappa shape index (κ3) is 3.63. The number of amides is 1. The van der Waals surface area contributed by atoms with E-state index in [0.29, 0.717) is 0 Å². The maximum Gasteiger partial charge on any atom is 0.244 e. The molecule has 1 aromatic heterocycles. The van der Waals surface area contributed by atoms with Gasteiger partial charge in [0, 0.05) is 11.6 Å². The van der Waals surface area contributed by atoms with Gasteiger partial charge >= 0.3 is 0 Å². The molecule has 1 heterocycles. The van der Waals surface area contributed by atoms with E-state index >= 15 is 0 Å². The van der Waals surface area contributed by atoms with Gasteiger partial charge in [-0.1, -0.05) is 30.3 Å². The van der Waals surface area contributed by atoms with Crippen LogP contribution in [0.1, 0.15) is 23.5 Å². The van der Waals surface area contributed by atoms with Crippen molar-refractivity contribution in [2.75, 3.05) is 7.11 Å². The predicted molar refractivity (Wildman–Crippen MR) is 98.2 cm³/mol. The summed E-state index contributed by atoms with van der Waals surface area (Å²) in [5.74, 6) is 0.605. The standard InChI is InChI=1S/C19H18N2O2S/c1-13(14-7-3-5-9-16(14)23-2)20-18(22)11-12-19-21-15-8-4-6-10-17(15)24-19/h3-13H,1-2H3,(H,20,22). The largest absolute Gasteiger partial charge is 0.496 e. The fourth-order valence-electron chi connectivity index (χ4n) is 2.47. The van der Waals surface area contributed by atoms with Crippen LogP contribution < -0.4 is 10.1 Å². The van der Waals surface area contributed by atoms with Crippen LogP contribution in [-0.2, 0) is 4.79 Å². The van der Waals surface area contributed by atoms with E-state index in [1.54, 1.807) is 24.5 Å². The molecular weight excluding hydrogens is 320 g/mol. The van der Waals surface area contributed by atoms with Gasteiger partial charge in [0.2, 0.25) is 5.91 Å². The Balaban J connectivity index is 1.68. The number of methoxy groups -OCH3 is 1. The van der Waals surface area contributed by atoms with Crippen molar-refractivity contribution < 1.29 is 9.53 Å². The van der Waals surface area contributed by atoms with E-state index in [1.807, 2.05) is 55.5 Å². The molecule has 122 valence electrons. The van der Waals surface area contributed by atoms with E-state index in [2.05, 4.69) is 10.3 Å². The third-order valence-corrected chi connectivity index (χ3v) is 4.65. The lowest BCUT2D eigenvalue weighted by molar-refractivity contribution is -0.117. The van der Waals surface area contributed by atoms with Gasteiger partial charge < -0.3 is 10.1 Å². The highest BCUT2D eigenvalue weighted by molar-refractivity contribution is 7.19. The molecule has 0 saturated carbocycles. The number of carbonyl (C=O) groups is 1. The number of nitrogens with zero attached hydrogens (tertiary/aromatic N) is 1. The third-order valence-electron chi connectivity index (χ3n) is 3.65. The van der Waals surface area contributed by atoms with Gasteiger partial charge in [-0.2, -0.15) is 0 Å². The van der Waals surface area contributed by atoms with E-state index in [4.69, 9.17) is 4.74 Å².